The van der Waals surface area contributed by atoms with Crippen LogP contribution in [-0.4, -0.2) is 0 Å². The van der Waals surface area contributed by atoms with E-state index in [2.05, 4.69) is 60.6 Å². The molecular weight excluding hydrogens is 204 g/mol. The van der Waals surface area contributed by atoms with E-state index >= 15 is 0 Å². The van der Waals surface area contributed by atoms with Crippen molar-refractivity contribution in [2.24, 2.45) is 5.92 Å². The quantitative estimate of drug-likeness (QED) is 0.648. The van der Waals surface area contributed by atoms with E-state index in [0.29, 0.717) is 11.8 Å². The zero-order valence-electron chi connectivity index (χ0n) is 12.6. The summed E-state index contributed by atoms with van der Waals surface area (Å²) >= 11 is 0. The van der Waals surface area contributed by atoms with E-state index < -0.39 is 0 Å². The Morgan fingerprint density at radius 3 is 1.71 bits per heavy atom. The molecule has 0 bridgehead atoms. The molecule has 0 aliphatic heterocycles. The molecule has 0 nitrogen and oxygen atoms in total. The first kappa shape index (κ1) is 14.3. The van der Waals surface area contributed by atoms with Gasteiger partial charge in [-0.1, -0.05) is 53.7 Å². The van der Waals surface area contributed by atoms with Crippen LogP contribution in [-0.2, 0) is 6.42 Å². The molecule has 1 rings (SSSR count). The average Bonchev–Trinajstić information content (AvgIpc) is 2.19. The molecule has 0 amide bonds. The summed E-state index contributed by atoms with van der Waals surface area (Å²) in [7, 11) is 0. The van der Waals surface area contributed by atoms with Crippen LogP contribution in [0.3, 0.4) is 0 Å². The van der Waals surface area contributed by atoms with Crippen molar-refractivity contribution in [1.29, 1.82) is 0 Å². The minimum atomic E-state index is 0.624. The maximum absolute atomic E-state index is 2.45. The second-order valence-electron chi connectivity index (χ2n) is 6.31. The van der Waals surface area contributed by atoms with E-state index in [4.69, 9.17) is 0 Å². The molecule has 0 spiro atoms. The molecule has 0 saturated heterocycles. The molecule has 96 valence electrons. The van der Waals surface area contributed by atoms with Crippen molar-refractivity contribution < 1.29 is 0 Å². The van der Waals surface area contributed by atoms with Gasteiger partial charge in [0.2, 0.25) is 0 Å². The highest BCUT2D eigenvalue weighted by Crippen LogP contribution is 2.30. The summed E-state index contributed by atoms with van der Waals surface area (Å²) in [5.41, 5.74) is 6.08. The van der Waals surface area contributed by atoms with Crippen LogP contribution in [0.4, 0.5) is 0 Å². The number of hydrogen-bond donors (Lipinski definition) is 0. The Balaban J connectivity index is 3.24. The summed E-state index contributed by atoms with van der Waals surface area (Å²) < 4.78 is 0. The van der Waals surface area contributed by atoms with Crippen LogP contribution in [0.5, 0.6) is 0 Å². The van der Waals surface area contributed by atoms with Crippen LogP contribution < -0.4 is 0 Å². The van der Waals surface area contributed by atoms with Gasteiger partial charge >= 0.3 is 0 Å². The highest BCUT2D eigenvalue weighted by molar-refractivity contribution is 5.41. The number of hydrogen-bond acceptors (Lipinski definition) is 0. The van der Waals surface area contributed by atoms with E-state index in [-0.39, 0.29) is 0 Å². The molecule has 0 radical (unpaired) electrons. The van der Waals surface area contributed by atoms with Gasteiger partial charge in [-0.2, -0.15) is 0 Å². The van der Waals surface area contributed by atoms with E-state index in [1.807, 2.05) is 0 Å². The fourth-order valence-corrected chi connectivity index (χ4v) is 2.45. The Bertz CT molecular complexity index is 370. The highest BCUT2D eigenvalue weighted by atomic mass is 14.2. The SMILES string of the molecule is Cc1cc(C(C)C)c(C(C)C)cc1CC(C)C. The normalized spacial score (nSPS) is 11.9. The second kappa shape index (κ2) is 5.71. The third-order valence-corrected chi connectivity index (χ3v) is 3.41. The minimum Gasteiger partial charge on any atom is -0.0625 e. The third kappa shape index (κ3) is 3.59. The summed E-state index contributed by atoms with van der Waals surface area (Å²) in [5, 5.41) is 0. The van der Waals surface area contributed by atoms with Gasteiger partial charge in [-0.15, -0.1) is 0 Å². The van der Waals surface area contributed by atoms with Gasteiger partial charge in [0, 0.05) is 0 Å². The van der Waals surface area contributed by atoms with Gasteiger partial charge in [0.05, 0.1) is 0 Å². The van der Waals surface area contributed by atoms with E-state index in [0.717, 1.165) is 5.92 Å². The van der Waals surface area contributed by atoms with Gasteiger partial charge in [-0.25, -0.2) is 0 Å². The summed E-state index contributed by atoms with van der Waals surface area (Å²) in [6.45, 7) is 16.0. The largest absolute Gasteiger partial charge is 0.0625 e. The molecule has 0 fully saturated rings. The number of aryl methyl sites for hydroxylation is 1. The molecule has 0 atom stereocenters. The molecule has 0 N–H and O–H groups in total. The topological polar surface area (TPSA) is 0 Å². The van der Waals surface area contributed by atoms with Crippen LogP contribution in [0.25, 0.3) is 0 Å². The molecule has 0 aliphatic rings. The van der Waals surface area contributed by atoms with Crippen LogP contribution in [0.2, 0.25) is 0 Å². The fourth-order valence-electron chi connectivity index (χ4n) is 2.45. The first-order valence-corrected chi connectivity index (χ1v) is 6.96. The van der Waals surface area contributed by atoms with Crippen molar-refractivity contribution in [1.82, 2.24) is 0 Å². The van der Waals surface area contributed by atoms with Crippen LogP contribution in [0, 0.1) is 12.8 Å². The average molecular weight is 232 g/mol. The zero-order valence-corrected chi connectivity index (χ0v) is 12.6. The highest BCUT2D eigenvalue weighted by Gasteiger charge is 2.13. The van der Waals surface area contributed by atoms with E-state index in [1.165, 1.54) is 23.1 Å². The van der Waals surface area contributed by atoms with Crippen molar-refractivity contribution in [3.63, 3.8) is 0 Å². The Kier molecular flexibility index (Phi) is 4.80. The van der Waals surface area contributed by atoms with Crippen molar-refractivity contribution in [2.45, 2.75) is 66.7 Å². The maximum Gasteiger partial charge on any atom is -0.0216 e. The molecule has 17 heavy (non-hydrogen) atoms. The Morgan fingerprint density at radius 1 is 0.824 bits per heavy atom. The molecule has 0 heterocycles. The van der Waals surface area contributed by atoms with Crippen LogP contribution >= 0.6 is 0 Å². The summed E-state index contributed by atoms with van der Waals surface area (Å²) in [6, 6.07) is 4.87. The molecule has 0 unspecified atom stereocenters. The predicted octanol–water partition coefficient (Wildman–Crippen LogP) is 5.44. The molecule has 0 heteroatoms. The van der Waals surface area contributed by atoms with Crippen LogP contribution in [0.1, 0.15) is 75.6 Å². The third-order valence-electron chi connectivity index (χ3n) is 3.41. The van der Waals surface area contributed by atoms with Crippen molar-refractivity contribution in [2.75, 3.05) is 0 Å². The zero-order chi connectivity index (χ0) is 13.2. The molecule has 1 aromatic rings. The van der Waals surface area contributed by atoms with Gasteiger partial charge in [-0.3, -0.25) is 0 Å². The van der Waals surface area contributed by atoms with Crippen LogP contribution in [0.15, 0.2) is 12.1 Å². The molecule has 1 aromatic carbocycles. The monoisotopic (exact) mass is 232 g/mol. The lowest BCUT2D eigenvalue weighted by Crippen LogP contribution is -2.04. The summed E-state index contributed by atoms with van der Waals surface area (Å²) in [6.07, 6.45) is 1.20. The van der Waals surface area contributed by atoms with E-state index in [1.54, 1.807) is 5.56 Å². The van der Waals surface area contributed by atoms with Gasteiger partial charge in [-0.05, 0) is 53.4 Å². The first-order chi connectivity index (χ1) is 7.82. The van der Waals surface area contributed by atoms with Crippen molar-refractivity contribution >= 4 is 0 Å². The van der Waals surface area contributed by atoms with Crippen molar-refractivity contribution in [3.8, 4) is 0 Å². The molecule has 0 aliphatic carbocycles. The molecule has 0 aromatic heterocycles. The lowest BCUT2D eigenvalue weighted by molar-refractivity contribution is 0.642. The second-order valence-corrected chi connectivity index (χ2v) is 6.31. The lowest BCUT2D eigenvalue weighted by Gasteiger charge is -2.20. The van der Waals surface area contributed by atoms with Gasteiger partial charge in [0.1, 0.15) is 0 Å². The Morgan fingerprint density at radius 2 is 1.29 bits per heavy atom. The maximum atomic E-state index is 2.45. The lowest BCUT2D eigenvalue weighted by atomic mass is 9.85. The Hall–Kier alpha value is -0.780. The predicted molar refractivity (Wildman–Crippen MR) is 77.9 cm³/mol. The number of rotatable bonds is 4. The van der Waals surface area contributed by atoms with E-state index in [9.17, 15) is 0 Å². The Labute approximate surface area is 107 Å². The fraction of sp³-hybridized carbons (Fsp3) is 0.647. The standard InChI is InChI=1S/C17H28/c1-11(2)8-15-10-17(13(5)6)16(12(3)4)9-14(15)7/h9-13H,8H2,1-7H3. The molecule has 0 saturated carbocycles. The smallest absolute Gasteiger partial charge is 0.0216 e. The van der Waals surface area contributed by atoms with Gasteiger partial charge in [0.15, 0.2) is 0 Å². The first-order valence-electron chi connectivity index (χ1n) is 6.96. The summed E-state index contributed by atoms with van der Waals surface area (Å²) in [4.78, 5) is 0. The summed E-state index contributed by atoms with van der Waals surface area (Å²) in [5.74, 6) is 1.98. The van der Waals surface area contributed by atoms with Gasteiger partial charge in [0.25, 0.3) is 0 Å². The van der Waals surface area contributed by atoms with Gasteiger partial charge < -0.3 is 0 Å². The molecular formula is C17H28. The minimum absolute atomic E-state index is 0.624. The number of benzene rings is 1. The van der Waals surface area contributed by atoms with Crippen molar-refractivity contribution in [3.05, 3.63) is 34.4 Å².